The number of hydrogen-bond donors (Lipinski definition) is 1. The minimum absolute atomic E-state index is 0.109. The molecule has 140 valence electrons. The molecule has 0 unspecified atom stereocenters. The van der Waals surface area contributed by atoms with Crippen LogP contribution in [0.15, 0.2) is 42.6 Å². The van der Waals surface area contributed by atoms with E-state index in [1.54, 1.807) is 25.4 Å². The fourth-order valence-electron chi connectivity index (χ4n) is 2.76. The molecule has 3 aromatic rings. The van der Waals surface area contributed by atoms with Crippen molar-refractivity contribution in [3.05, 3.63) is 63.8 Å². The van der Waals surface area contributed by atoms with Gasteiger partial charge in [-0.25, -0.2) is 0 Å². The van der Waals surface area contributed by atoms with Crippen molar-refractivity contribution in [2.45, 2.75) is 13.5 Å². The van der Waals surface area contributed by atoms with E-state index in [-0.39, 0.29) is 19.1 Å². The summed E-state index contributed by atoms with van der Waals surface area (Å²) in [6.07, 6.45) is 1.79. The van der Waals surface area contributed by atoms with E-state index in [4.69, 9.17) is 33.7 Å². The summed E-state index contributed by atoms with van der Waals surface area (Å²) in [6.45, 7) is 2.03. The first-order chi connectivity index (χ1) is 12.9. The SMILES string of the molecule is Cc1cnc2c(OCc3c(Cl)ccc(N(C)C(=O)CN)c3Cl)cccc2c1. The van der Waals surface area contributed by atoms with Crippen LogP contribution in [0.5, 0.6) is 5.75 Å². The lowest BCUT2D eigenvalue weighted by Gasteiger charge is -2.20. The molecule has 3 rings (SSSR count). The molecule has 0 radical (unpaired) electrons. The Morgan fingerprint density at radius 2 is 2.04 bits per heavy atom. The zero-order valence-corrected chi connectivity index (χ0v) is 16.5. The van der Waals surface area contributed by atoms with E-state index in [2.05, 4.69) is 4.98 Å². The molecule has 2 N–H and O–H groups in total. The van der Waals surface area contributed by atoms with E-state index in [1.165, 1.54) is 4.90 Å². The first-order valence-corrected chi connectivity index (χ1v) is 9.09. The Hall–Kier alpha value is -2.34. The van der Waals surface area contributed by atoms with Crippen LogP contribution >= 0.6 is 23.2 Å². The number of halogens is 2. The highest BCUT2D eigenvalue weighted by Gasteiger charge is 2.18. The number of benzene rings is 2. The molecule has 1 amide bonds. The van der Waals surface area contributed by atoms with Crippen molar-refractivity contribution in [3.63, 3.8) is 0 Å². The van der Waals surface area contributed by atoms with Gasteiger partial charge in [-0.3, -0.25) is 9.78 Å². The van der Waals surface area contributed by atoms with E-state index in [1.807, 2.05) is 31.2 Å². The normalized spacial score (nSPS) is 10.9. The largest absolute Gasteiger partial charge is 0.487 e. The molecule has 0 aliphatic rings. The molecular weight excluding hydrogens is 385 g/mol. The average Bonchev–Trinajstić information content (AvgIpc) is 2.66. The van der Waals surface area contributed by atoms with Gasteiger partial charge in [0.25, 0.3) is 0 Å². The number of carbonyl (C=O) groups is 1. The van der Waals surface area contributed by atoms with Crippen LogP contribution in [0.1, 0.15) is 11.1 Å². The molecular formula is C20H19Cl2N3O2. The number of pyridine rings is 1. The topological polar surface area (TPSA) is 68.5 Å². The molecule has 27 heavy (non-hydrogen) atoms. The number of nitrogens with zero attached hydrogens (tertiary/aromatic N) is 2. The lowest BCUT2D eigenvalue weighted by molar-refractivity contribution is -0.117. The summed E-state index contributed by atoms with van der Waals surface area (Å²) in [7, 11) is 1.62. The molecule has 7 heteroatoms. The van der Waals surface area contributed by atoms with Crippen molar-refractivity contribution >= 4 is 45.7 Å². The van der Waals surface area contributed by atoms with Crippen LogP contribution in [0.25, 0.3) is 10.9 Å². The van der Waals surface area contributed by atoms with E-state index in [0.717, 1.165) is 16.5 Å². The number of aromatic nitrogens is 1. The summed E-state index contributed by atoms with van der Waals surface area (Å²) in [5.74, 6) is 0.385. The molecule has 0 spiro atoms. The quantitative estimate of drug-likeness (QED) is 0.687. The second kappa shape index (κ2) is 8.13. The van der Waals surface area contributed by atoms with Crippen LogP contribution in [0.2, 0.25) is 10.0 Å². The lowest BCUT2D eigenvalue weighted by Crippen LogP contribution is -2.32. The van der Waals surface area contributed by atoms with Gasteiger partial charge in [0.05, 0.1) is 17.3 Å². The summed E-state index contributed by atoms with van der Waals surface area (Å²) in [6, 6.07) is 11.2. The molecule has 5 nitrogen and oxygen atoms in total. The number of amides is 1. The van der Waals surface area contributed by atoms with Gasteiger partial charge < -0.3 is 15.4 Å². The number of likely N-dealkylation sites (N-methyl/N-ethyl adjacent to an activating group) is 1. The van der Waals surface area contributed by atoms with Gasteiger partial charge in [0.2, 0.25) is 5.91 Å². The van der Waals surface area contributed by atoms with Gasteiger partial charge in [-0.05, 0) is 36.8 Å². The van der Waals surface area contributed by atoms with Crippen molar-refractivity contribution in [1.82, 2.24) is 4.98 Å². The Morgan fingerprint density at radius 3 is 2.78 bits per heavy atom. The van der Waals surface area contributed by atoms with Crippen LogP contribution in [0, 0.1) is 6.92 Å². The van der Waals surface area contributed by atoms with Crippen LogP contribution < -0.4 is 15.4 Å². The van der Waals surface area contributed by atoms with Crippen molar-refractivity contribution in [3.8, 4) is 5.75 Å². The smallest absolute Gasteiger partial charge is 0.240 e. The van der Waals surface area contributed by atoms with Gasteiger partial charge in [-0.15, -0.1) is 0 Å². The number of hydrogen-bond acceptors (Lipinski definition) is 4. The van der Waals surface area contributed by atoms with E-state index in [0.29, 0.717) is 27.0 Å². The summed E-state index contributed by atoms with van der Waals surface area (Å²) in [4.78, 5) is 17.8. The second-order valence-corrected chi connectivity index (χ2v) is 6.93. The zero-order chi connectivity index (χ0) is 19.6. The third-order valence-corrected chi connectivity index (χ3v) is 5.03. The zero-order valence-electron chi connectivity index (χ0n) is 15.0. The van der Waals surface area contributed by atoms with Crippen LogP contribution in [-0.4, -0.2) is 24.5 Å². The summed E-state index contributed by atoms with van der Waals surface area (Å²) in [5, 5.41) is 1.81. The molecule has 0 aliphatic carbocycles. The lowest BCUT2D eigenvalue weighted by atomic mass is 10.1. The minimum Gasteiger partial charge on any atom is -0.487 e. The Kier molecular flexibility index (Phi) is 5.85. The standard InChI is InChI=1S/C20H19Cl2N3O2/c1-12-8-13-4-3-5-17(20(13)24-10-12)27-11-14-15(21)6-7-16(19(14)22)25(2)18(26)9-23/h3-8,10H,9,11,23H2,1-2H3. The number of rotatable bonds is 5. The summed E-state index contributed by atoms with van der Waals surface area (Å²) in [5.41, 5.74) is 8.40. The molecule has 0 saturated heterocycles. The number of fused-ring (bicyclic) bond motifs is 1. The molecule has 0 aliphatic heterocycles. The molecule has 1 heterocycles. The maximum Gasteiger partial charge on any atom is 0.240 e. The van der Waals surface area contributed by atoms with Crippen LogP contribution in [-0.2, 0) is 11.4 Å². The van der Waals surface area contributed by atoms with Crippen molar-refractivity contribution in [2.75, 3.05) is 18.5 Å². The highest BCUT2D eigenvalue weighted by Crippen LogP contribution is 2.35. The Morgan fingerprint density at radius 1 is 1.26 bits per heavy atom. The molecule has 0 fully saturated rings. The molecule has 0 saturated carbocycles. The van der Waals surface area contributed by atoms with Crippen molar-refractivity contribution in [2.24, 2.45) is 5.73 Å². The minimum atomic E-state index is -0.250. The van der Waals surface area contributed by atoms with Gasteiger partial charge in [0.1, 0.15) is 17.9 Å². The molecule has 0 atom stereocenters. The number of carbonyl (C=O) groups excluding carboxylic acids is 1. The Labute approximate surface area is 167 Å². The fraction of sp³-hybridized carbons (Fsp3) is 0.200. The number of aryl methyl sites for hydroxylation is 1. The third-order valence-electron chi connectivity index (χ3n) is 4.26. The summed E-state index contributed by atoms with van der Waals surface area (Å²) >= 11 is 12.8. The number of nitrogens with two attached hydrogens (primary N) is 1. The second-order valence-electron chi connectivity index (χ2n) is 6.15. The maximum atomic E-state index is 11.9. The van der Waals surface area contributed by atoms with E-state index in [9.17, 15) is 4.79 Å². The van der Waals surface area contributed by atoms with Crippen molar-refractivity contribution < 1.29 is 9.53 Å². The monoisotopic (exact) mass is 403 g/mol. The first-order valence-electron chi connectivity index (χ1n) is 8.34. The molecule has 1 aromatic heterocycles. The van der Waals surface area contributed by atoms with Crippen LogP contribution in [0.3, 0.4) is 0 Å². The van der Waals surface area contributed by atoms with Gasteiger partial charge in [-0.2, -0.15) is 0 Å². The Bertz CT molecular complexity index is 1010. The van der Waals surface area contributed by atoms with Gasteiger partial charge >= 0.3 is 0 Å². The highest BCUT2D eigenvalue weighted by atomic mass is 35.5. The average molecular weight is 404 g/mol. The van der Waals surface area contributed by atoms with Crippen LogP contribution in [0.4, 0.5) is 5.69 Å². The van der Waals surface area contributed by atoms with E-state index < -0.39 is 0 Å². The first kappa shape index (κ1) is 19.4. The van der Waals surface area contributed by atoms with Gasteiger partial charge in [0, 0.05) is 29.2 Å². The predicted octanol–water partition coefficient (Wildman–Crippen LogP) is 4.35. The fourth-order valence-corrected chi connectivity index (χ4v) is 3.36. The van der Waals surface area contributed by atoms with E-state index >= 15 is 0 Å². The number of para-hydroxylation sites is 1. The third kappa shape index (κ3) is 4.00. The maximum absolute atomic E-state index is 11.9. The van der Waals surface area contributed by atoms with Gasteiger partial charge in [-0.1, -0.05) is 35.3 Å². The molecule has 2 aromatic carbocycles. The highest BCUT2D eigenvalue weighted by molar-refractivity contribution is 6.38. The van der Waals surface area contributed by atoms with Crippen molar-refractivity contribution in [1.29, 1.82) is 0 Å². The number of ether oxygens (including phenoxy) is 1. The predicted molar refractivity (Wildman–Crippen MR) is 110 cm³/mol. The molecule has 0 bridgehead atoms. The number of anilines is 1. The Balaban J connectivity index is 1.92. The van der Waals surface area contributed by atoms with Gasteiger partial charge in [0.15, 0.2) is 0 Å². The summed E-state index contributed by atoms with van der Waals surface area (Å²) < 4.78 is 5.97.